The summed E-state index contributed by atoms with van der Waals surface area (Å²) in [6.07, 6.45) is 0. The molecule has 0 aliphatic rings. The largest absolute Gasteiger partial charge is 0.528 e. The Morgan fingerprint density at radius 1 is 0.643 bits per heavy atom. The highest BCUT2D eigenvalue weighted by Crippen LogP contribution is 2.31. The van der Waals surface area contributed by atoms with Gasteiger partial charge in [-0.3, -0.25) is 0 Å². The Morgan fingerprint density at radius 2 is 1.32 bits per heavy atom. The van der Waals surface area contributed by atoms with Crippen molar-refractivity contribution in [3.63, 3.8) is 0 Å². The summed E-state index contributed by atoms with van der Waals surface area (Å²) in [4.78, 5) is 12.9. The number of nitrogens with zero attached hydrogens (tertiary/aromatic N) is 3. The van der Waals surface area contributed by atoms with Crippen molar-refractivity contribution < 1.29 is 14.5 Å². The molecular formula is C21H14BN3O3. The van der Waals surface area contributed by atoms with Crippen LogP contribution in [0.1, 0.15) is 0 Å². The molecule has 0 saturated heterocycles. The number of furan rings is 1. The molecule has 2 aromatic heterocycles. The molecule has 7 heteroatoms. The number of rotatable bonds is 3. The molecule has 5 aromatic rings. The summed E-state index contributed by atoms with van der Waals surface area (Å²) in [5.41, 5.74) is 2.88. The number of para-hydroxylation sites is 1. The number of benzene rings is 3. The van der Waals surface area contributed by atoms with Crippen LogP contribution in [0.4, 0.5) is 0 Å². The minimum atomic E-state index is -1.79. The molecule has 5 rings (SSSR count). The lowest BCUT2D eigenvalue weighted by molar-refractivity contribution is 0.422. The van der Waals surface area contributed by atoms with Crippen LogP contribution in [-0.4, -0.2) is 32.1 Å². The second-order valence-electron chi connectivity index (χ2n) is 6.39. The van der Waals surface area contributed by atoms with Crippen molar-refractivity contribution in [3.05, 3.63) is 72.8 Å². The minimum absolute atomic E-state index is 0.103. The van der Waals surface area contributed by atoms with Gasteiger partial charge in [0, 0.05) is 21.9 Å². The summed E-state index contributed by atoms with van der Waals surface area (Å²) in [5, 5.41) is 21.3. The van der Waals surface area contributed by atoms with E-state index in [0.717, 1.165) is 21.9 Å². The molecule has 2 N–H and O–H groups in total. The monoisotopic (exact) mass is 367 g/mol. The first-order valence-corrected chi connectivity index (χ1v) is 8.78. The van der Waals surface area contributed by atoms with E-state index >= 15 is 0 Å². The Labute approximate surface area is 160 Å². The van der Waals surface area contributed by atoms with Crippen LogP contribution in [0.3, 0.4) is 0 Å². The summed E-state index contributed by atoms with van der Waals surface area (Å²) in [7, 11) is -1.79. The molecule has 134 valence electrons. The summed E-state index contributed by atoms with van der Waals surface area (Å²) in [6, 6.07) is 22.9. The molecule has 0 amide bonds. The maximum absolute atomic E-state index is 9.62. The van der Waals surface area contributed by atoms with E-state index in [-0.39, 0.29) is 5.72 Å². The quantitative estimate of drug-likeness (QED) is 0.477. The average molecular weight is 367 g/mol. The van der Waals surface area contributed by atoms with Gasteiger partial charge < -0.3 is 14.5 Å². The standard InChI is InChI=1S/C21H14BN3O3/c26-22(27)21-24-19(13-6-2-1-3-7-13)23-20(25-21)14-10-11-16-15-8-4-5-9-17(15)28-18(16)12-14/h1-12,26-27H. The van der Waals surface area contributed by atoms with Crippen molar-refractivity contribution in [1.29, 1.82) is 0 Å². The van der Waals surface area contributed by atoms with Crippen molar-refractivity contribution >= 4 is 34.8 Å². The molecular weight excluding hydrogens is 353 g/mol. The molecule has 0 aliphatic heterocycles. The third-order valence-corrected chi connectivity index (χ3v) is 4.55. The van der Waals surface area contributed by atoms with Crippen LogP contribution in [0.15, 0.2) is 77.2 Å². The van der Waals surface area contributed by atoms with Crippen molar-refractivity contribution in [3.8, 4) is 22.8 Å². The van der Waals surface area contributed by atoms with Crippen LogP contribution >= 0.6 is 0 Å². The highest BCUT2D eigenvalue weighted by molar-refractivity contribution is 6.56. The van der Waals surface area contributed by atoms with Gasteiger partial charge >= 0.3 is 7.12 Å². The molecule has 0 radical (unpaired) electrons. The topological polar surface area (TPSA) is 92.3 Å². The molecule has 6 nitrogen and oxygen atoms in total. The van der Waals surface area contributed by atoms with E-state index in [1.54, 1.807) is 0 Å². The lowest BCUT2D eigenvalue weighted by Crippen LogP contribution is -2.36. The minimum Gasteiger partial charge on any atom is -0.456 e. The van der Waals surface area contributed by atoms with Crippen LogP contribution in [0.25, 0.3) is 44.7 Å². The smallest absolute Gasteiger partial charge is 0.456 e. The van der Waals surface area contributed by atoms with E-state index in [1.807, 2.05) is 72.8 Å². The van der Waals surface area contributed by atoms with E-state index in [4.69, 9.17) is 4.42 Å². The summed E-state index contributed by atoms with van der Waals surface area (Å²) in [5.74, 6) is 0.720. The first kappa shape index (κ1) is 16.6. The fourth-order valence-corrected chi connectivity index (χ4v) is 3.22. The second kappa shape index (κ2) is 6.56. The van der Waals surface area contributed by atoms with Gasteiger partial charge in [-0.15, -0.1) is 0 Å². The van der Waals surface area contributed by atoms with Gasteiger partial charge in [0.1, 0.15) is 11.2 Å². The van der Waals surface area contributed by atoms with Gasteiger partial charge in [-0.2, -0.15) is 0 Å². The highest BCUT2D eigenvalue weighted by Gasteiger charge is 2.20. The summed E-state index contributed by atoms with van der Waals surface area (Å²) < 4.78 is 5.94. The Morgan fingerprint density at radius 3 is 2.11 bits per heavy atom. The highest BCUT2D eigenvalue weighted by atomic mass is 16.4. The van der Waals surface area contributed by atoms with E-state index < -0.39 is 7.12 Å². The zero-order valence-corrected chi connectivity index (χ0v) is 14.6. The molecule has 0 atom stereocenters. The summed E-state index contributed by atoms with van der Waals surface area (Å²) in [6.45, 7) is 0. The molecule has 0 unspecified atom stereocenters. The number of aromatic nitrogens is 3. The van der Waals surface area contributed by atoms with Gasteiger partial charge in [0.25, 0.3) is 0 Å². The number of hydrogen-bond donors (Lipinski definition) is 2. The Bertz CT molecular complexity index is 1300. The van der Waals surface area contributed by atoms with Gasteiger partial charge in [-0.25, -0.2) is 15.0 Å². The Balaban J connectivity index is 1.69. The van der Waals surface area contributed by atoms with Gasteiger partial charge in [0.2, 0.25) is 0 Å². The van der Waals surface area contributed by atoms with E-state index in [0.29, 0.717) is 22.8 Å². The predicted octanol–water partition coefficient (Wildman–Crippen LogP) is 2.78. The Kier molecular flexibility index (Phi) is 3.89. The SMILES string of the molecule is OB(O)c1nc(-c2ccccc2)nc(-c2ccc3c(c2)oc2ccccc23)n1. The Hall–Kier alpha value is -3.55. The lowest BCUT2D eigenvalue weighted by atomic mass is 9.90. The molecule has 0 saturated carbocycles. The number of hydrogen-bond acceptors (Lipinski definition) is 6. The van der Waals surface area contributed by atoms with Crippen LogP contribution in [0.2, 0.25) is 0 Å². The normalized spacial score (nSPS) is 11.2. The van der Waals surface area contributed by atoms with Crippen molar-refractivity contribution in [2.24, 2.45) is 0 Å². The third kappa shape index (κ3) is 2.83. The van der Waals surface area contributed by atoms with Gasteiger partial charge in [0.05, 0.1) is 0 Å². The summed E-state index contributed by atoms with van der Waals surface area (Å²) >= 11 is 0. The molecule has 28 heavy (non-hydrogen) atoms. The third-order valence-electron chi connectivity index (χ3n) is 4.55. The molecule has 0 bridgehead atoms. The first-order chi connectivity index (χ1) is 13.7. The molecule has 0 spiro atoms. The predicted molar refractivity (Wildman–Crippen MR) is 108 cm³/mol. The van der Waals surface area contributed by atoms with Crippen molar-refractivity contribution in [1.82, 2.24) is 15.0 Å². The lowest BCUT2D eigenvalue weighted by Gasteiger charge is -2.07. The van der Waals surface area contributed by atoms with Crippen LogP contribution in [0.5, 0.6) is 0 Å². The van der Waals surface area contributed by atoms with E-state index in [2.05, 4.69) is 15.0 Å². The van der Waals surface area contributed by atoms with Crippen molar-refractivity contribution in [2.45, 2.75) is 0 Å². The van der Waals surface area contributed by atoms with Gasteiger partial charge in [-0.05, 0) is 18.2 Å². The molecule has 0 fully saturated rings. The van der Waals surface area contributed by atoms with Crippen LogP contribution in [-0.2, 0) is 0 Å². The molecule has 2 heterocycles. The first-order valence-electron chi connectivity index (χ1n) is 8.78. The van der Waals surface area contributed by atoms with Crippen LogP contribution in [0, 0.1) is 0 Å². The van der Waals surface area contributed by atoms with Crippen LogP contribution < -0.4 is 5.72 Å². The molecule has 0 aliphatic carbocycles. The fraction of sp³-hybridized carbons (Fsp3) is 0. The molecule has 3 aromatic carbocycles. The fourth-order valence-electron chi connectivity index (χ4n) is 3.22. The van der Waals surface area contributed by atoms with E-state index in [9.17, 15) is 10.0 Å². The average Bonchev–Trinajstić information content (AvgIpc) is 3.12. The van der Waals surface area contributed by atoms with Gasteiger partial charge in [0.15, 0.2) is 17.4 Å². The van der Waals surface area contributed by atoms with Gasteiger partial charge in [-0.1, -0.05) is 54.6 Å². The van der Waals surface area contributed by atoms with E-state index in [1.165, 1.54) is 0 Å². The van der Waals surface area contributed by atoms with Crippen molar-refractivity contribution in [2.75, 3.05) is 0 Å². The maximum atomic E-state index is 9.62. The second-order valence-corrected chi connectivity index (χ2v) is 6.39. The maximum Gasteiger partial charge on any atom is 0.528 e. The zero-order valence-electron chi connectivity index (χ0n) is 14.6. The zero-order chi connectivity index (χ0) is 19.1. The number of fused-ring (bicyclic) bond motifs is 3.